The SMILES string of the molecule is Cc1ccc(O[C@H](C)C[C@H](C)Oc2ccc(C)cc2-c2cc(C)cc(C3CCc4ccccc43)c2O)c(-c2cc(C)cc(C3CCc4ccccc43)c2O)c1. The first-order valence-corrected chi connectivity index (χ1v) is 19.9. The van der Waals surface area contributed by atoms with Gasteiger partial charge in [0.05, 0.1) is 12.2 Å². The van der Waals surface area contributed by atoms with Crippen molar-refractivity contribution >= 4 is 0 Å². The molecule has 0 heterocycles. The summed E-state index contributed by atoms with van der Waals surface area (Å²) in [6, 6.07) is 38.1. The summed E-state index contributed by atoms with van der Waals surface area (Å²) in [6.07, 6.45) is 4.29. The van der Waals surface area contributed by atoms with Gasteiger partial charge in [-0.2, -0.15) is 0 Å². The van der Waals surface area contributed by atoms with Crippen molar-refractivity contribution in [2.75, 3.05) is 0 Å². The van der Waals surface area contributed by atoms with Crippen LogP contribution in [0.3, 0.4) is 0 Å². The summed E-state index contributed by atoms with van der Waals surface area (Å²) in [5, 5.41) is 23.8. The summed E-state index contributed by atoms with van der Waals surface area (Å²) in [5.74, 6) is 2.48. The minimum absolute atomic E-state index is 0.167. The van der Waals surface area contributed by atoms with E-state index in [0.717, 1.165) is 92.8 Å². The Morgan fingerprint density at radius 3 is 1.33 bits per heavy atom. The standard InChI is InChI=1S/C51H52O4/c1-30-15-21-48(42(23-30)46-27-32(3)25-44(50(46)52)40-19-17-36-11-7-9-13-38(36)40)54-34(5)29-35(6)55-49-22-16-31(2)24-43(49)47-28-33(4)26-45(51(47)53)41-20-18-37-12-8-10-14-39(37)41/h7-16,21-28,34-35,40-41,52-53H,17-20,29H2,1-6H3/t34-,35+,40?,41?. The van der Waals surface area contributed by atoms with Gasteiger partial charge >= 0.3 is 0 Å². The lowest BCUT2D eigenvalue weighted by molar-refractivity contribution is 0.131. The van der Waals surface area contributed by atoms with Crippen LogP contribution in [0.4, 0.5) is 0 Å². The fraction of sp³-hybridized carbons (Fsp3) is 0.294. The third-order valence-corrected chi connectivity index (χ3v) is 11.8. The number of rotatable bonds is 10. The number of phenolic OH excluding ortho intramolecular Hbond substituents is 2. The van der Waals surface area contributed by atoms with Gasteiger partial charge in [-0.3, -0.25) is 0 Å². The number of hydrogen-bond acceptors (Lipinski definition) is 4. The third kappa shape index (κ3) is 7.23. The molecule has 0 radical (unpaired) electrons. The average molecular weight is 729 g/mol. The first-order valence-electron chi connectivity index (χ1n) is 19.9. The molecule has 0 aliphatic heterocycles. The van der Waals surface area contributed by atoms with Crippen LogP contribution in [0.2, 0.25) is 0 Å². The molecule has 0 bridgehead atoms. The Morgan fingerprint density at radius 2 is 0.891 bits per heavy atom. The van der Waals surface area contributed by atoms with E-state index in [9.17, 15) is 10.2 Å². The van der Waals surface area contributed by atoms with Crippen LogP contribution < -0.4 is 9.47 Å². The van der Waals surface area contributed by atoms with Crippen molar-refractivity contribution < 1.29 is 19.7 Å². The van der Waals surface area contributed by atoms with Gasteiger partial charge in [0.15, 0.2) is 0 Å². The second kappa shape index (κ2) is 15.0. The maximum absolute atomic E-state index is 11.9. The molecule has 2 aliphatic carbocycles. The highest BCUT2D eigenvalue weighted by atomic mass is 16.5. The minimum Gasteiger partial charge on any atom is -0.507 e. The fourth-order valence-electron chi connectivity index (χ4n) is 9.23. The molecule has 6 aromatic rings. The molecule has 2 N–H and O–H groups in total. The van der Waals surface area contributed by atoms with Crippen LogP contribution >= 0.6 is 0 Å². The van der Waals surface area contributed by atoms with Gasteiger partial charge in [0.1, 0.15) is 23.0 Å². The van der Waals surface area contributed by atoms with Gasteiger partial charge in [-0.25, -0.2) is 0 Å². The molecular formula is C51H52O4. The summed E-state index contributed by atoms with van der Waals surface area (Å²) < 4.78 is 13.4. The summed E-state index contributed by atoms with van der Waals surface area (Å²) in [4.78, 5) is 0. The lowest BCUT2D eigenvalue weighted by Crippen LogP contribution is -2.23. The van der Waals surface area contributed by atoms with E-state index in [1.165, 1.54) is 22.3 Å². The normalized spacial score (nSPS) is 17.1. The largest absolute Gasteiger partial charge is 0.507 e. The van der Waals surface area contributed by atoms with Gasteiger partial charge in [-0.1, -0.05) is 83.9 Å². The average Bonchev–Trinajstić information content (AvgIpc) is 3.79. The Labute approximate surface area is 326 Å². The van der Waals surface area contributed by atoms with E-state index in [0.29, 0.717) is 17.9 Å². The van der Waals surface area contributed by atoms with Crippen molar-refractivity contribution in [2.45, 2.75) is 97.7 Å². The van der Waals surface area contributed by atoms with E-state index in [-0.39, 0.29) is 24.0 Å². The van der Waals surface area contributed by atoms with Gasteiger partial charge in [0.25, 0.3) is 0 Å². The monoisotopic (exact) mass is 728 g/mol. The minimum atomic E-state index is -0.181. The van der Waals surface area contributed by atoms with Crippen LogP contribution in [0.25, 0.3) is 22.3 Å². The summed E-state index contributed by atoms with van der Waals surface area (Å²) in [5.41, 5.74) is 15.2. The van der Waals surface area contributed by atoms with Crippen LogP contribution in [0.1, 0.15) is 101 Å². The van der Waals surface area contributed by atoms with Gasteiger partial charge < -0.3 is 19.7 Å². The lowest BCUT2D eigenvalue weighted by atomic mass is 9.87. The number of benzene rings is 6. The summed E-state index contributed by atoms with van der Waals surface area (Å²) in [6.45, 7) is 12.5. The molecule has 4 nitrogen and oxygen atoms in total. The molecule has 0 saturated carbocycles. The molecule has 0 spiro atoms. The molecule has 2 aliphatic rings. The molecule has 2 unspecified atom stereocenters. The number of aryl methyl sites for hydroxylation is 6. The van der Waals surface area contributed by atoms with E-state index in [1.807, 2.05) is 12.1 Å². The van der Waals surface area contributed by atoms with Crippen molar-refractivity contribution in [3.63, 3.8) is 0 Å². The molecule has 0 fully saturated rings. The Balaban J connectivity index is 1.04. The molecular weight excluding hydrogens is 677 g/mol. The number of fused-ring (bicyclic) bond motifs is 2. The Kier molecular flexibility index (Phi) is 9.94. The van der Waals surface area contributed by atoms with Gasteiger partial charge in [-0.15, -0.1) is 0 Å². The van der Waals surface area contributed by atoms with Crippen molar-refractivity contribution in [1.29, 1.82) is 0 Å². The third-order valence-electron chi connectivity index (χ3n) is 11.8. The predicted octanol–water partition coefficient (Wildman–Crippen LogP) is 12.4. The Morgan fingerprint density at radius 1 is 0.491 bits per heavy atom. The van der Waals surface area contributed by atoms with E-state index in [1.54, 1.807) is 0 Å². The van der Waals surface area contributed by atoms with E-state index in [4.69, 9.17) is 9.47 Å². The zero-order valence-electron chi connectivity index (χ0n) is 32.9. The highest BCUT2D eigenvalue weighted by Gasteiger charge is 2.30. The van der Waals surface area contributed by atoms with Crippen molar-refractivity contribution in [2.24, 2.45) is 0 Å². The van der Waals surface area contributed by atoms with Crippen LogP contribution in [0.5, 0.6) is 23.0 Å². The predicted molar refractivity (Wildman–Crippen MR) is 224 cm³/mol. The zero-order valence-corrected chi connectivity index (χ0v) is 32.9. The van der Waals surface area contributed by atoms with E-state index < -0.39 is 0 Å². The van der Waals surface area contributed by atoms with E-state index >= 15 is 0 Å². The lowest BCUT2D eigenvalue weighted by Gasteiger charge is -2.24. The molecule has 0 saturated heterocycles. The molecule has 280 valence electrons. The van der Waals surface area contributed by atoms with Crippen molar-refractivity contribution in [3.8, 4) is 45.3 Å². The van der Waals surface area contributed by atoms with Gasteiger partial charge in [0.2, 0.25) is 0 Å². The molecule has 0 aromatic heterocycles. The number of phenols is 2. The first kappa shape index (κ1) is 36.5. The van der Waals surface area contributed by atoms with Crippen molar-refractivity contribution in [3.05, 3.63) is 165 Å². The Bertz CT molecular complexity index is 2220. The molecule has 0 amide bonds. The zero-order chi connectivity index (χ0) is 38.4. The van der Waals surface area contributed by atoms with Crippen LogP contribution in [0.15, 0.2) is 109 Å². The number of hydrogen-bond donors (Lipinski definition) is 2. The topological polar surface area (TPSA) is 58.9 Å². The van der Waals surface area contributed by atoms with Gasteiger partial charge in [-0.05, 0) is 137 Å². The smallest absolute Gasteiger partial charge is 0.127 e. The first-order chi connectivity index (χ1) is 26.5. The van der Waals surface area contributed by atoms with Crippen LogP contribution in [-0.2, 0) is 12.8 Å². The van der Waals surface area contributed by atoms with E-state index in [2.05, 4.69) is 139 Å². The highest BCUT2D eigenvalue weighted by Crippen LogP contribution is 2.49. The molecule has 4 atom stereocenters. The maximum atomic E-state index is 11.9. The molecule has 6 aromatic carbocycles. The molecule has 8 rings (SSSR count). The number of aromatic hydroxyl groups is 2. The summed E-state index contributed by atoms with van der Waals surface area (Å²) >= 11 is 0. The molecule has 4 heteroatoms. The second-order valence-corrected chi connectivity index (χ2v) is 16.2. The number of ether oxygens (including phenoxy) is 2. The maximum Gasteiger partial charge on any atom is 0.127 e. The van der Waals surface area contributed by atoms with Crippen LogP contribution in [0, 0.1) is 27.7 Å². The fourth-order valence-corrected chi connectivity index (χ4v) is 9.23. The van der Waals surface area contributed by atoms with Gasteiger partial charge in [0, 0.05) is 51.6 Å². The highest BCUT2D eigenvalue weighted by molar-refractivity contribution is 5.80. The van der Waals surface area contributed by atoms with Crippen LogP contribution in [-0.4, -0.2) is 22.4 Å². The van der Waals surface area contributed by atoms with Crippen molar-refractivity contribution in [1.82, 2.24) is 0 Å². The summed E-state index contributed by atoms with van der Waals surface area (Å²) in [7, 11) is 0. The quantitative estimate of drug-likeness (QED) is 0.147. The second-order valence-electron chi connectivity index (χ2n) is 16.2. The Hall–Kier alpha value is -5.48. The molecule has 55 heavy (non-hydrogen) atoms.